The zero-order valence-corrected chi connectivity index (χ0v) is 13.7. The van der Waals surface area contributed by atoms with E-state index in [1.54, 1.807) is 11.0 Å². The summed E-state index contributed by atoms with van der Waals surface area (Å²) in [7, 11) is 0. The normalized spacial score (nSPS) is 10.7. The first-order valence-corrected chi connectivity index (χ1v) is 8.11. The summed E-state index contributed by atoms with van der Waals surface area (Å²) in [5.74, 6) is 0.640. The summed E-state index contributed by atoms with van der Waals surface area (Å²) in [6.45, 7) is 4.70. The Labute approximate surface area is 141 Å². The maximum atomic E-state index is 5.57. The summed E-state index contributed by atoms with van der Waals surface area (Å²) in [6.07, 6.45) is 1.72. The van der Waals surface area contributed by atoms with Crippen molar-refractivity contribution in [3.05, 3.63) is 60.4 Å². The summed E-state index contributed by atoms with van der Waals surface area (Å²) in [4.78, 5) is 5.85. The number of benzene rings is 1. The van der Waals surface area contributed by atoms with Crippen molar-refractivity contribution in [2.45, 2.75) is 20.0 Å². The summed E-state index contributed by atoms with van der Waals surface area (Å²) in [6, 6.07) is 15.8. The van der Waals surface area contributed by atoms with E-state index >= 15 is 0 Å². The predicted molar refractivity (Wildman–Crippen MR) is 92.6 cm³/mol. The van der Waals surface area contributed by atoms with Crippen LogP contribution in [0.15, 0.2) is 54.7 Å². The van der Waals surface area contributed by atoms with E-state index in [1.807, 2.05) is 43.3 Å². The van der Waals surface area contributed by atoms with E-state index in [1.165, 1.54) is 0 Å². The molecule has 2 aromatic heterocycles. The van der Waals surface area contributed by atoms with Gasteiger partial charge >= 0.3 is 0 Å². The molecule has 0 unspecified atom stereocenters. The number of hydrogen-bond acceptors (Lipinski definition) is 5. The molecule has 0 fully saturated rings. The predicted octanol–water partition coefficient (Wildman–Crippen LogP) is 2.53. The first kappa shape index (κ1) is 16.1. The van der Waals surface area contributed by atoms with Crippen LogP contribution in [0.3, 0.4) is 0 Å². The largest absolute Gasteiger partial charge is 0.476 e. The minimum atomic E-state index is 0.555. The van der Waals surface area contributed by atoms with Gasteiger partial charge in [0.2, 0.25) is 5.88 Å². The Kier molecular flexibility index (Phi) is 5.52. The molecular weight excluding hydrogens is 302 g/mol. The van der Waals surface area contributed by atoms with Gasteiger partial charge in [0.25, 0.3) is 0 Å². The molecule has 124 valence electrons. The average Bonchev–Trinajstić information content (AvgIpc) is 3.06. The molecule has 3 rings (SSSR count). The summed E-state index contributed by atoms with van der Waals surface area (Å²) < 4.78 is 5.57. The number of aryl methyl sites for hydroxylation is 1. The Bertz CT molecular complexity index is 743. The van der Waals surface area contributed by atoms with Gasteiger partial charge in [-0.15, -0.1) is 0 Å². The highest BCUT2D eigenvalue weighted by molar-refractivity contribution is 5.60. The van der Waals surface area contributed by atoms with Gasteiger partial charge in [-0.3, -0.25) is 0 Å². The van der Waals surface area contributed by atoms with Crippen molar-refractivity contribution in [3.63, 3.8) is 0 Å². The van der Waals surface area contributed by atoms with Crippen molar-refractivity contribution >= 4 is 0 Å². The van der Waals surface area contributed by atoms with Crippen LogP contribution in [-0.2, 0) is 13.1 Å². The first-order chi connectivity index (χ1) is 11.9. The van der Waals surface area contributed by atoms with Gasteiger partial charge in [0.15, 0.2) is 0 Å². The van der Waals surface area contributed by atoms with Gasteiger partial charge in [0, 0.05) is 30.9 Å². The fourth-order valence-electron chi connectivity index (χ4n) is 2.33. The van der Waals surface area contributed by atoms with Gasteiger partial charge < -0.3 is 10.1 Å². The second-order valence-electron chi connectivity index (χ2n) is 5.24. The van der Waals surface area contributed by atoms with E-state index in [0.29, 0.717) is 25.6 Å². The van der Waals surface area contributed by atoms with E-state index in [9.17, 15) is 0 Å². The molecule has 0 spiro atoms. The van der Waals surface area contributed by atoms with Crippen molar-refractivity contribution in [2.24, 2.45) is 0 Å². The van der Waals surface area contributed by atoms with Crippen molar-refractivity contribution in [3.8, 4) is 17.1 Å². The Morgan fingerprint density at radius 2 is 1.88 bits per heavy atom. The Balaban J connectivity index is 1.56. The zero-order chi connectivity index (χ0) is 16.6. The third-order valence-corrected chi connectivity index (χ3v) is 3.51. The fraction of sp³-hybridized carbons (Fsp3) is 0.278. The maximum Gasteiger partial charge on any atom is 0.213 e. The topological polar surface area (TPSA) is 64.9 Å². The molecule has 1 N–H and O–H groups in total. The SMILES string of the molecule is CCn1nc(CNCCOc2ccccn2)c(-c2ccccc2)n1. The first-order valence-electron chi connectivity index (χ1n) is 8.11. The molecule has 3 aromatic rings. The highest BCUT2D eigenvalue weighted by Gasteiger charge is 2.12. The number of rotatable bonds is 8. The lowest BCUT2D eigenvalue weighted by atomic mass is 10.1. The molecule has 6 nitrogen and oxygen atoms in total. The van der Waals surface area contributed by atoms with Crippen molar-refractivity contribution in [1.29, 1.82) is 0 Å². The maximum absolute atomic E-state index is 5.57. The highest BCUT2D eigenvalue weighted by Crippen LogP contribution is 2.19. The van der Waals surface area contributed by atoms with E-state index < -0.39 is 0 Å². The van der Waals surface area contributed by atoms with E-state index in [2.05, 4.69) is 32.6 Å². The van der Waals surface area contributed by atoms with Crippen molar-refractivity contribution in [1.82, 2.24) is 25.3 Å². The minimum Gasteiger partial charge on any atom is -0.476 e. The molecule has 2 heterocycles. The smallest absolute Gasteiger partial charge is 0.213 e. The molecule has 0 saturated carbocycles. The zero-order valence-electron chi connectivity index (χ0n) is 13.7. The second-order valence-corrected chi connectivity index (χ2v) is 5.24. The van der Waals surface area contributed by atoms with Gasteiger partial charge in [-0.25, -0.2) is 4.98 Å². The molecule has 1 aromatic carbocycles. The van der Waals surface area contributed by atoms with Crippen LogP contribution in [0.2, 0.25) is 0 Å². The molecular formula is C18H21N5O. The molecule has 0 saturated heterocycles. The highest BCUT2D eigenvalue weighted by atomic mass is 16.5. The number of pyridine rings is 1. The number of hydrogen-bond donors (Lipinski definition) is 1. The van der Waals surface area contributed by atoms with E-state index in [-0.39, 0.29) is 0 Å². The third kappa shape index (κ3) is 4.17. The van der Waals surface area contributed by atoms with Crippen LogP contribution in [0.4, 0.5) is 0 Å². The molecule has 0 aliphatic heterocycles. The van der Waals surface area contributed by atoms with Crippen LogP contribution < -0.4 is 10.1 Å². The summed E-state index contributed by atoms with van der Waals surface area (Å²) in [5.41, 5.74) is 2.95. The third-order valence-electron chi connectivity index (χ3n) is 3.51. The molecule has 6 heteroatoms. The van der Waals surface area contributed by atoms with Crippen molar-refractivity contribution in [2.75, 3.05) is 13.2 Å². The molecule has 24 heavy (non-hydrogen) atoms. The van der Waals surface area contributed by atoms with Crippen LogP contribution in [0.25, 0.3) is 11.3 Å². The Morgan fingerprint density at radius 3 is 2.62 bits per heavy atom. The number of aromatic nitrogens is 4. The fourth-order valence-corrected chi connectivity index (χ4v) is 2.33. The Morgan fingerprint density at radius 1 is 1.04 bits per heavy atom. The van der Waals surface area contributed by atoms with Gasteiger partial charge in [-0.1, -0.05) is 36.4 Å². The van der Waals surface area contributed by atoms with Gasteiger partial charge in [0.1, 0.15) is 18.0 Å². The van der Waals surface area contributed by atoms with E-state index in [4.69, 9.17) is 4.74 Å². The number of nitrogens with zero attached hydrogens (tertiary/aromatic N) is 4. The standard InChI is InChI=1S/C18H21N5O/c1-2-23-21-16(18(22-23)15-8-4-3-5-9-15)14-19-12-13-24-17-10-6-7-11-20-17/h3-11,19H,2,12-14H2,1H3. The average molecular weight is 323 g/mol. The summed E-state index contributed by atoms with van der Waals surface area (Å²) in [5, 5.41) is 12.5. The lowest BCUT2D eigenvalue weighted by Gasteiger charge is -2.06. The molecule has 0 aliphatic carbocycles. The lowest BCUT2D eigenvalue weighted by molar-refractivity contribution is 0.302. The molecule has 0 bridgehead atoms. The van der Waals surface area contributed by atoms with E-state index in [0.717, 1.165) is 23.5 Å². The molecule has 0 atom stereocenters. The van der Waals surface area contributed by atoms with Crippen LogP contribution in [0.5, 0.6) is 5.88 Å². The molecule has 0 aliphatic rings. The Hall–Kier alpha value is -2.73. The van der Waals surface area contributed by atoms with Gasteiger partial charge in [0.05, 0.1) is 6.54 Å². The van der Waals surface area contributed by atoms with Crippen LogP contribution in [-0.4, -0.2) is 33.1 Å². The minimum absolute atomic E-state index is 0.555. The van der Waals surface area contributed by atoms with Crippen molar-refractivity contribution < 1.29 is 4.74 Å². The van der Waals surface area contributed by atoms with Gasteiger partial charge in [-0.2, -0.15) is 15.0 Å². The monoisotopic (exact) mass is 323 g/mol. The number of ether oxygens (including phenoxy) is 1. The number of nitrogens with one attached hydrogen (secondary N) is 1. The quantitative estimate of drug-likeness (QED) is 0.645. The summed E-state index contributed by atoms with van der Waals surface area (Å²) >= 11 is 0. The molecule has 0 radical (unpaired) electrons. The van der Waals surface area contributed by atoms with Crippen LogP contribution in [0, 0.1) is 0 Å². The second kappa shape index (κ2) is 8.21. The van der Waals surface area contributed by atoms with Crippen LogP contribution in [0.1, 0.15) is 12.6 Å². The lowest BCUT2D eigenvalue weighted by Crippen LogP contribution is -2.21. The van der Waals surface area contributed by atoms with Crippen LogP contribution >= 0.6 is 0 Å². The van der Waals surface area contributed by atoms with Gasteiger partial charge in [-0.05, 0) is 13.0 Å². The molecule has 0 amide bonds.